The number of carbonyl (C=O) groups is 1. The fourth-order valence-electron chi connectivity index (χ4n) is 3.29. The molecule has 27 heavy (non-hydrogen) atoms. The predicted molar refractivity (Wildman–Crippen MR) is 105 cm³/mol. The Morgan fingerprint density at radius 3 is 2.74 bits per heavy atom. The van der Waals surface area contributed by atoms with Gasteiger partial charge in [0.1, 0.15) is 16.9 Å². The lowest BCUT2D eigenvalue weighted by Gasteiger charge is -2.34. The summed E-state index contributed by atoms with van der Waals surface area (Å²) in [5.74, 6) is 0. The van der Waals surface area contributed by atoms with Gasteiger partial charge in [0, 0.05) is 37.9 Å². The van der Waals surface area contributed by atoms with Crippen molar-refractivity contribution in [1.29, 1.82) is 0 Å². The molecular weight excluding hydrogens is 368 g/mol. The maximum absolute atomic E-state index is 12.2. The number of pyridine rings is 1. The van der Waals surface area contributed by atoms with Crippen molar-refractivity contribution in [2.24, 2.45) is 0 Å². The number of aromatic nitrogens is 1. The molecule has 0 aromatic carbocycles. The van der Waals surface area contributed by atoms with Crippen molar-refractivity contribution in [3.63, 3.8) is 0 Å². The van der Waals surface area contributed by atoms with Crippen molar-refractivity contribution in [3.05, 3.63) is 23.0 Å². The molecule has 2 fully saturated rings. The highest BCUT2D eigenvalue weighted by atomic mass is 35.5. The van der Waals surface area contributed by atoms with Crippen LogP contribution in [-0.4, -0.2) is 60.4 Å². The number of anilines is 1. The van der Waals surface area contributed by atoms with Crippen LogP contribution in [0.2, 0.25) is 5.15 Å². The van der Waals surface area contributed by atoms with Gasteiger partial charge in [0.2, 0.25) is 0 Å². The number of morpholine rings is 1. The molecule has 1 unspecified atom stereocenters. The smallest absolute Gasteiger partial charge is 0.410 e. The van der Waals surface area contributed by atoms with Crippen LogP contribution in [0.1, 0.15) is 45.4 Å². The lowest BCUT2D eigenvalue weighted by atomic mass is 10.0. The number of hydrogen-bond donors (Lipinski definition) is 2. The Kier molecular flexibility index (Phi) is 6.44. The zero-order valence-corrected chi connectivity index (χ0v) is 17.0. The topological polar surface area (TPSA) is 75.7 Å². The second-order valence-corrected chi connectivity index (χ2v) is 8.44. The summed E-state index contributed by atoms with van der Waals surface area (Å²) in [5.41, 5.74) is 1.31. The minimum absolute atomic E-state index is 0.0768. The van der Waals surface area contributed by atoms with Gasteiger partial charge < -0.3 is 25.0 Å². The number of nitrogens with one attached hydrogen (secondary N) is 2. The first-order chi connectivity index (χ1) is 12.8. The molecule has 3 rings (SSSR count). The summed E-state index contributed by atoms with van der Waals surface area (Å²) in [6.45, 7) is 9.27. The Bertz CT molecular complexity index is 651. The highest BCUT2D eigenvalue weighted by Gasteiger charge is 2.27. The number of hydrogen-bond acceptors (Lipinski definition) is 6. The van der Waals surface area contributed by atoms with E-state index in [9.17, 15) is 4.79 Å². The molecule has 1 atom stereocenters. The monoisotopic (exact) mass is 396 g/mol. The van der Waals surface area contributed by atoms with Crippen molar-refractivity contribution in [2.75, 3.05) is 38.1 Å². The van der Waals surface area contributed by atoms with Crippen LogP contribution >= 0.6 is 11.6 Å². The number of amides is 1. The lowest BCUT2D eigenvalue weighted by molar-refractivity contribution is 0.0210. The van der Waals surface area contributed by atoms with Crippen molar-refractivity contribution in [3.8, 4) is 0 Å². The van der Waals surface area contributed by atoms with Crippen LogP contribution in [0.25, 0.3) is 0 Å². The van der Waals surface area contributed by atoms with Gasteiger partial charge in [-0.3, -0.25) is 0 Å². The van der Waals surface area contributed by atoms with Crippen LogP contribution in [0.4, 0.5) is 10.5 Å². The van der Waals surface area contributed by atoms with Crippen LogP contribution in [0.5, 0.6) is 0 Å². The van der Waals surface area contributed by atoms with Crippen molar-refractivity contribution < 1.29 is 14.3 Å². The highest BCUT2D eigenvalue weighted by Crippen LogP contribution is 2.25. The van der Waals surface area contributed by atoms with E-state index < -0.39 is 5.60 Å². The molecule has 8 heteroatoms. The molecule has 0 aliphatic carbocycles. The van der Waals surface area contributed by atoms with Gasteiger partial charge in [-0.05, 0) is 45.7 Å². The van der Waals surface area contributed by atoms with Gasteiger partial charge in [0.25, 0.3) is 0 Å². The summed E-state index contributed by atoms with van der Waals surface area (Å²) in [6, 6.07) is 4.12. The summed E-state index contributed by atoms with van der Waals surface area (Å²) < 4.78 is 11.2. The molecule has 1 amide bonds. The third kappa shape index (κ3) is 5.96. The fraction of sp³-hybridized carbons (Fsp3) is 0.684. The van der Waals surface area contributed by atoms with E-state index >= 15 is 0 Å². The molecule has 2 saturated heterocycles. The van der Waals surface area contributed by atoms with Crippen molar-refractivity contribution >= 4 is 23.4 Å². The molecule has 0 bridgehead atoms. The molecule has 150 valence electrons. The van der Waals surface area contributed by atoms with Gasteiger partial charge in [-0.25, -0.2) is 9.78 Å². The number of nitrogens with zero attached hydrogens (tertiary/aromatic N) is 2. The summed E-state index contributed by atoms with van der Waals surface area (Å²) in [7, 11) is 0. The Hall–Kier alpha value is -1.57. The third-order valence-electron chi connectivity index (χ3n) is 4.59. The SMILES string of the molecule is CC(C)(C)OC(=O)N1CCC(Nc2cc(Cl)nc(C3CNCCO3)c2)CC1. The number of carbonyl (C=O) groups excluding carboxylic acids is 1. The quantitative estimate of drug-likeness (QED) is 0.764. The van der Waals surface area contributed by atoms with E-state index in [2.05, 4.69) is 15.6 Å². The molecule has 0 saturated carbocycles. The third-order valence-corrected chi connectivity index (χ3v) is 4.78. The normalized spacial score (nSPS) is 21.8. The van der Waals surface area contributed by atoms with E-state index in [1.54, 1.807) is 4.90 Å². The minimum atomic E-state index is -0.466. The standard InChI is InChI=1S/C19H29ClN4O3/c1-19(2,3)27-18(25)24-7-4-13(5-8-24)22-14-10-15(23-17(20)11-14)16-12-21-6-9-26-16/h10-11,13,16,21H,4-9,12H2,1-3H3,(H,22,23). The first kappa shape index (κ1) is 20.2. The Morgan fingerprint density at radius 2 is 2.11 bits per heavy atom. The number of halogens is 1. The first-order valence-corrected chi connectivity index (χ1v) is 9.92. The van der Waals surface area contributed by atoms with Crippen molar-refractivity contribution in [2.45, 2.75) is 51.4 Å². The number of rotatable bonds is 3. The molecule has 2 aliphatic rings. The maximum atomic E-state index is 12.2. The zero-order chi connectivity index (χ0) is 19.4. The second kappa shape index (κ2) is 8.63. The van der Waals surface area contributed by atoms with E-state index in [1.165, 1.54) is 0 Å². The summed E-state index contributed by atoms with van der Waals surface area (Å²) >= 11 is 6.22. The lowest BCUT2D eigenvalue weighted by Crippen LogP contribution is -2.44. The Balaban J connectivity index is 1.56. The summed E-state index contributed by atoms with van der Waals surface area (Å²) in [5, 5.41) is 7.29. The molecular formula is C19H29ClN4O3. The van der Waals surface area contributed by atoms with Crippen LogP contribution in [0, 0.1) is 0 Å². The summed E-state index contributed by atoms with van der Waals surface area (Å²) in [4.78, 5) is 18.4. The van der Waals surface area contributed by atoms with Crippen LogP contribution in [0.15, 0.2) is 12.1 Å². The summed E-state index contributed by atoms with van der Waals surface area (Å²) in [6.07, 6.45) is 1.40. The average molecular weight is 397 g/mol. The first-order valence-electron chi connectivity index (χ1n) is 9.54. The number of likely N-dealkylation sites (tertiary alicyclic amines) is 1. The average Bonchev–Trinajstić information content (AvgIpc) is 2.61. The van der Waals surface area contributed by atoms with E-state index in [1.807, 2.05) is 32.9 Å². The maximum Gasteiger partial charge on any atom is 0.410 e. The van der Waals surface area contributed by atoms with Crippen LogP contribution < -0.4 is 10.6 Å². The fourth-order valence-corrected chi connectivity index (χ4v) is 3.50. The molecule has 3 heterocycles. The molecule has 1 aromatic heterocycles. The molecule has 2 aliphatic heterocycles. The van der Waals surface area contributed by atoms with E-state index in [0.717, 1.165) is 37.3 Å². The van der Waals surface area contributed by atoms with Gasteiger partial charge in [-0.2, -0.15) is 0 Å². The van der Waals surface area contributed by atoms with Gasteiger partial charge >= 0.3 is 6.09 Å². The number of ether oxygens (including phenoxy) is 2. The van der Waals surface area contributed by atoms with E-state index in [-0.39, 0.29) is 18.2 Å². The van der Waals surface area contributed by atoms with E-state index in [4.69, 9.17) is 21.1 Å². The zero-order valence-electron chi connectivity index (χ0n) is 16.3. The minimum Gasteiger partial charge on any atom is -0.444 e. The molecule has 7 nitrogen and oxygen atoms in total. The molecule has 0 radical (unpaired) electrons. The van der Waals surface area contributed by atoms with Gasteiger partial charge in [0.15, 0.2) is 0 Å². The van der Waals surface area contributed by atoms with E-state index in [0.29, 0.717) is 24.8 Å². The number of piperidine rings is 1. The Morgan fingerprint density at radius 1 is 1.37 bits per heavy atom. The van der Waals surface area contributed by atoms with Gasteiger partial charge in [0.05, 0.1) is 12.3 Å². The molecule has 0 spiro atoms. The van der Waals surface area contributed by atoms with Gasteiger partial charge in [-0.15, -0.1) is 0 Å². The van der Waals surface area contributed by atoms with Crippen LogP contribution in [0.3, 0.4) is 0 Å². The second-order valence-electron chi connectivity index (χ2n) is 8.05. The molecule has 2 N–H and O–H groups in total. The van der Waals surface area contributed by atoms with Gasteiger partial charge in [-0.1, -0.05) is 11.6 Å². The van der Waals surface area contributed by atoms with Crippen molar-refractivity contribution in [1.82, 2.24) is 15.2 Å². The Labute approximate surface area is 165 Å². The highest BCUT2D eigenvalue weighted by molar-refractivity contribution is 6.29. The molecule has 1 aromatic rings. The predicted octanol–water partition coefficient (Wildman–Crippen LogP) is 3.21. The largest absolute Gasteiger partial charge is 0.444 e. The van der Waals surface area contributed by atoms with Crippen LogP contribution in [-0.2, 0) is 9.47 Å².